The van der Waals surface area contributed by atoms with Crippen LogP contribution in [-0.2, 0) is 0 Å². The van der Waals surface area contributed by atoms with Gasteiger partial charge in [-0.2, -0.15) is 0 Å². The SMILES string of the molecule is CCNC(c1cccc(C)c1)c1cc(F)c(F)cc1F. The van der Waals surface area contributed by atoms with Gasteiger partial charge in [0.1, 0.15) is 5.82 Å². The predicted molar refractivity (Wildman–Crippen MR) is 73.0 cm³/mol. The van der Waals surface area contributed by atoms with E-state index in [1.165, 1.54) is 0 Å². The Bertz CT molecular complexity index is 611. The molecule has 0 heterocycles. The first-order valence-corrected chi connectivity index (χ1v) is 6.47. The van der Waals surface area contributed by atoms with E-state index >= 15 is 0 Å². The van der Waals surface area contributed by atoms with Crippen molar-refractivity contribution in [3.05, 3.63) is 70.5 Å². The molecule has 4 heteroatoms. The monoisotopic (exact) mass is 279 g/mol. The number of nitrogens with one attached hydrogen (secondary N) is 1. The van der Waals surface area contributed by atoms with Crippen LogP contribution in [0.1, 0.15) is 29.7 Å². The second kappa shape index (κ2) is 6.09. The third-order valence-electron chi connectivity index (χ3n) is 3.13. The molecule has 0 aromatic heterocycles. The first-order chi connectivity index (χ1) is 9.52. The van der Waals surface area contributed by atoms with Gasteiger partial charge in [-0.3, -0.25) is 0 Å². The van der Waals surface area contributed by atoms with Gasteiger partial charge in [-0.15, -0.1) is 0 Å². The van der Waals surface area contributed by atoms with Gasteiger partial charge in [0, 0.05) is 11.6 Å². The molecular formula is C16H16F3N. The molecule has 0 aliphatic rings. The van der Waals surface area contributed by atoms with Gasteiger partial charge in [-0.25, -0.2) is 13.2 Å². The van der Waals surface area contributed by atoms with Gasteiger partial charge in [-0.1, -0.05) is 36.8 Å². The van der Waals surface area contributed by atoms with Crippen molar-refractivity contribution >= 4 is 0 Å². The van der Waals surface area contributed by atoms with E-state index < -0.39 is 23.5 Å². The highest BCUT2D eigenvalue weighted by molar-refractivity contribution is 5.35. The summed E-state index contributed by atoms with van der Waals surface area (Å²) in [5.74, 6) is -2.97. The highest BCUT2D eigenvalue weighted by atomic mass is 19.2. The summed E-state index contributed by atoms with van der Waals surface area (Å²) in [6.45, 7) is 4.38. The van der Waals surface area contributed by atoms with Crippen LogP contribution in [0.25, 0.3) is 0 Å². The molecule has 0 fully saturated rings. The molecule has 1 atom stereocenters. The summed E-state index contributed by atoms with van der Waals surface area (Å²) in [7, 11) is 0. The zero-order valence-corrected chi connectivity index (χ0v) is 11.4. The molecule has 0 saturated heterocycles. The van der Waals surface area contributed by atoms with Gasteiger partial charge in [-0.05, 0) is 25.1 Å². The first-order valence-electron chi connectivity index (χ1n) is 6.47. The van der Waals surface area contributed by atoms with E-state index in [1.54, 1.807) is 0 Å². The van der Waals surface area contributed by atoms with Crippen molar-refractivity contribution in [3.63, 3.8) is 0 Å². The lowest BCUT2D eigenvalue weighted by molar-refractivity contribution is 0.481. The van der Waals surface area contributed by atoms with E-state index in [1.807, 2.05) is 38.1 Å². The summed E-state index contributed by atoms with van der Waals surface area (Å²) in [5, 5.41) is 3.10. The minimum Gasteiger partial charge on any atom is -0.306 e. The first kappa shape index (κ1) is 14.6. The normalized spacial score (nSPS) is 12.4. The van der Waals surface area contributed by atoms with E-state index in [0.717, 1.165) is 17.2 Å². The topological polar surface area (TPSA) is 12.0 Å². The molecule has 0 aliphatic heterocycles. The maximum absolute atomic E-state index is 13.9. The van der Waals surface area contributed by atoms with Crippen molar-refractivity contribution < 1.29 is 13.2 Å². The van der Waals surface area contributed by atoms with Crippen LogP contribution in [0.2, 0.25) is 0 Å². The van der Waals surface area contributed by atoms with E-state index in [2.05, 4.69) is 5.32 Å². The molecule has 1 nitrogen and oxygen atoms in total. The summed E-state index contributed by atoms with van der Waals surface area (Å²) in [4.78, 5) is 0. The van der Waals surface area contributed by atoms with E-state index in [0.29, 0.717) is 12.6 Å². The smallest absolute Gasteiger partial charge is 0.161 e. The quantitative estimate of drug-likeness (QED) is 0.830. The van der Waals surface area contributed by atoms with Crippen LogP contribution in [0.3, 0.4) is 0 Å². The minimum absolute atomic E-state index is 0.108. The Labute approximate surface area is 116 Å². The van der Waals surface area contributed by atoms with Gasteiger partial charge in [0.15, 0.2) is 11.6 Å². The molecule has 0 saturated carbocycles. The Morgan fingerprint density at radius 1 is 1.00 bits per heavy atom. The maximum atomic E-state index is 13.9. The Morgan fingerprint density at radius 3 is 2.35 bits per heavy atom. The lowest BCUT2D eigenvalue weighted by Gasteiger charge is -2.20. The summed E-state index contributed by atoms with van der Waals surface area (Å²) in [5.41, 5.74) is 1.95. The van der Waals surface area contributed by atoms with Crippen molar-refractivity contribution in [2.24, 2.45) is 0 Å². The molecule has 0 radical (unpaired) electrons. The van der Waals surface area contributed by atoms with Gasteiger partial charge in [0.2, 0.25) is 0 Å². The third-order valence-corrected chi connectivity index (χ3v) is 3.13. The average Bonchev–Trinajstić information content (AvgIpc) is 2.40. The summed E-state index contributed by atoms with van der Waals surface area (Å²) < 4.78 is 40.4. The number of hydrogen-bond acceptors (Lipinski definition) is 1. The fourth-order valence-electron chi connectivity index (χ4n) is 2.22. The Morgan fingerprint density at radius 2 is 1.70 bits per heavy atom. The van der Waals surface area contributed by atoms with Crippen LogP contribution < -0.4 is 5.32 Å². The average molecular weight is 279 g/mol. The highest BCUT2D eigenvalue weighted by Crippen LogP contribution is 2.26. The van der Waals surface area contributed by atoms with Gasteiger partial charge >= 0.3 is 0 Å². The molecule has 2 aromatic carbocycles. The molecule has 2 rings (SSSR count). The molecule has 0 spiro atoms. The summed E-state index contributed by atoms with van der Waals surface area (Å²) >= 11 is 0. The molecule has 0 amide bonds. The molecular weight excluding hydrogens is 263 g/mol. The van der Waals surface area contributed by atoms with Gasteiger partial charge < -0.3 is 5.32 Å². The van der Waals surface area contributed by atoms with E-state index in [-0.39, 0.29) is 5.56 Å². The number of aryl methyl sites for hydroxylation is 1. The van der Waals surface area contributed by atoms with Crippen LogP contribution in [0, 0.1) is 24.4 Å². The van der Waals surface area contributed by atoms with Crippen molar-refractivity contribution in [3.8, 4) is 0 Å². The molecule has 2 aromatic rings. The second-order valence-corrected chi connectivity index (χ2v) is 4.69. The molecule has 1 unspecified atom stereocenters. The second-order valence-electron chi connectivity index (χ2n) is 4.69. The van der Waals surface area contributed by atoms with Gasteiger partial charge in [0.05, 0.1) is 6.04 Å². The van der Waals surface area contributed by atoms with Crippen LogP contribution in [0.15, 0.2) is 36.4 Å². The molecule has 0 aliphatic carbocycles. The van der Waals surface area contributed by atoms with E-state index in [4.69, 9.17) is 0 Å². The van der Waals surface area contributed by atoms with Crippen molar-refractivity contribution in [1.29, 1.82) is 0 Å². The summed E-state index contributed by atoms with van der Waals surface area (Å²) in [6, 6.07) is 8.51. The summed E-state index contributed by atoms with van der Waals surface area (Å²) in [6.07, 6.45) is 0. The highest BCUT2D eigenvalue weighted by Gasteiger charge is 2.20. The molecule has 106 valence electrons. The van der Waals surface area contributed by atoms with Crippen molar-refractivity contribution in [1.82, 2.24) is 5.32 Å². The fraction of sp³-hybridized carbons (Fsp3) is 0.250. The van der Waals surface area contributed by atoms with E-state index in [9.17, 15) is 13.2 Å². The zero-order chi connectivity index (χ0) is 14.7. The largest absolute Gasteiger partial charge is 0.306 e. The number of hydrogen-bond donors (Lipinski definition) is 1. The fourth-order valence-corrected chi connectivity index (χ4v) is 2.22. The number of rotatable bonds is 4. The molecule has 0 bridgehead atoms. The van der Waals surface area contributed by atoms with Crippen molar-refractivity contribution in [2.45, 2.75) is 19.9 Å². The standard InChI is InChI=1S/C16H16F3N/c1-3-20-16(11-6-4-5-10(2)7-11)12-8-14(18)15(19)9-13(12)17/h4-9,16,20H,3H2,1-2H3. The maximum Gasteiger partial charge on any atom is 0.161 e. The van der Waals surface area contributed by atoms with Crippen molar-refractivity contribution in [2.75, 3.05) is 6.54 Å². The third kappa shape index (κ3) is 3.02. The lowest BCUT2D eigenvalue weighted by Crippen LogP contribution is -2.23. The van der Waals surface area contributed by atoms with Crippen LogP contribution in [-0.4, -0.2) is 6.54 Å². The Kier molecular flexibility index (Phi) is 4.45. The van der Waals surface area contributed by atoms with Crippen LogP contribution in [0.4, 0.5) is 13.2 Å². The molecule has 1 N–H and O–H groups in total. The lowest BCUT2D eigenvalue weighted by atomic mass is 9.96. The number of benzene rings is 2. The van der Waals surface area contributed by atoms with Gasteiger partial charge in [0.25, 0.3) is 0 Å². The number of halogens is 3. The minimum atomic E-state index is -1.18. The predicted octanol–water partition coefficient (Wildman–Crippen LogP) is 4.11. The van der Waals surface area contributed by atoms with Crippen LogP contribution >= 0.6 is 0 Å². The Hall–Kier alpha value is -1.81. The Balaban J connectivity index is 2.51. The molecule has 20 heavy (non-hydrogen) atoms. The van der Waals surface area contributed by atoms with Crippen LogP contribution in [0.5, 0.6) is 0 Å². The zero-order valence-electron chi connectivity index (χ0n) is 11.4.